The van der Waals surface area contributed by atoms with Gasteiger partial charge >= 0.3 is 0 Å². The van der Waals surface area contributed by atoms with Crippen LogP contribution in [-0.2, 0) is 0 Å². The summed E-state index contributed by atoms with van der Waals surface area (Å²) in [6.07, 6.45) is 1.29. The highest BCUT2D eigenvalue weighted by atomic mass is 35.5. The number of halogens is 1. The van der Waals surface area contributed by atoms with Crippen molar-refractivity contribution < 1.29 is 0 Å². The SMILES string of the molecule is N=Cc1ccc(Cl)cc1. The molecule has 0 aliphatic rings. The maximum Gasteiger partial charge on any atom is 0.0406 e. The van der Waals surface area contributed by atoms with Gasteiger partial charge in [-0.3, -0.25) is 0 Å². The predicted molar refractivity (Wildman–Crippen MR) is 39.3 cm³/mol. The molecule has 0 bridgehead atoms. The number of benzene rings is 1. The van der Waals surface area contributed by atoms with Gasteiger partial charge in [-0.05, 0) is 17.7 Å². The quantitative estimate of drug-likeness (QED) is 0.578. The molecule has 1 aromatic carbocycles. The molecule has 9 heavy (non-hydrogen) atoms. The number of hydrogen-bond acceptors (Lipinski definition) is 1. The molecule has 0 unspecified atom stereocenters. The van der Waals surface area contributed by atoms with E-state index in [9.17, 15) is 0 Å². The van der Waals surface area contributed by atoms with Crippen molar-refractivity contribution >= 4 is 17.8 Å². The smallest absolute Gasteiger partial charge is 0.0406 e. The van der Waals surface area contributed by atoms with Gasteiger partial charge in [-0.15, -0.1) is 0 Å². The Hall–Kier alpha value is -0.820. The van der Waals surface area contributed by atoms with E-state index in [1.807, 2.05) is 0 Å². The maximum atomic E-state index is 6.85. The van der Waals surface area contributed by atoms with Crippen LogP contribution in [-0.4, -0.2) is 6.21 Å². The minimum atomic E-state index is 0.709. The molecule has 0 heterocycles. The molecule has 1 aromatic rings. The summed E-state index contributed by atoms with van der Waals surface area (Å²) >= 11 is 5.59. The van der Waals surface area contributed by atoms with Crippen LogP contribution in [0.2, 0.25) is 5.02 Å². The van der Waals surface area contributed by atoms with Crippen LogP contribution in [0.25, 0.3) is 0 Å². The Morgan fingerprint density at radius 1 is 1.22 bits per heavy atom. The molecule has 0 atom stereocenters. The van der Waals surface area contributed by atoms with Crippen LogP contribution in [0.15, 0.2) is 24.3 Å². The van der Waals surface area contributed by atoms with E-state index in [4.69, 9.17) is 17.0 Å². The lowest BCUT2D eigenvalue weighted by Crippen LogP contribution is -1.75. The number of rotatable bonds is 1. The summed E-state index contributed by atoms with van der Waals surface area (Å²) in [5.41, 5.74) is 0.874. The molecule has 0 aliphatic carbocycles. The minimum absolute atomic E-state index is 0.709. The van der Waals surface area contributed by atoms with Gasteiger partial charge in [0.05, 0.1) is 0 Å². The van der Waals surface area contributed by atoms with Crippen LogP contribution in [0.4, 0.5) is 0 Å². The van der Waals surface area contributed by atoms with Gasteiger partial charge in [-0.2, -0.15) is 0 Å². The molecule has 1 rings (SSSR count). The van der Waals surface area contributed by atoms with Crippen molar-refractivity contribution in [2.45, 2.75) is 0 Å². The Kier molecular flexibility index (Phi) is 1.85. The molecular weight excluding hydrogens is 134 g/mol. The molecule has 0 aliphatic heterocycles. The second-order valence-electron chi connectivity index (χ2n) is 1.70. The standard InChI is InChI=1S/C7H6ClN/c8-7-3-1-6(5-9)2-4-7/h1-5,9H. The van der Waals surface area contributed by atoms with Crippen LogP contribution in [0.1, 0.15) is 5.56 Å². The molecule has 1 nitrogen and oxygen atoms in total. The second kappa shape index (κ2) is 2.65. The first-order valence-electron chi connectivity index (χ1n) is 2.59. The fraction of sp³-hybridized carbons (Fsp3) is 0. The van der Waals surface area contributed by atoms with Gasteiger partial charge in [0.2, 0.25) is 0 Å². The number of nitrogens with one attached hydrogen (secondary N) is 1. The largest absolute Gasteiger partial charge is 0.308 e. The van der Waals surface area contributed by atoms with Gasteiger partial charge in [-0.25, -0.2) is 0 Å². The molecule has 0 saturated carbocycles. The summed E-state index contributed by atoms with van der Waals surface area (Å²) in [6, 6.07) is 7.13. The van der Waals surface area contributed by atoms with Crippen molar-refractivity contribution in [2.75, 3.05) is 0 Å². The average Bonchev–Trinajstić information content (AvgIpc) is 1.90. The second-order valence-corrected chi connectivity index (χ2v) is 2.13. The Morgan fingerprint density at radius 3 is 2.22 bits per heavy atom. The molecule has 0 radical (unpaired) electrons. The van der Waals surface area contributed by atoms with Gasteiger partial charge in [0.1, 0.15) is 0 Å². The zero-order chi connectivity index (χ0) is 6.69. The zero-order valence-electron chi connectivity index (χ0n) is 4.76. The summed E-state index contributed by atoms with van der Waals surface area (Å²) in [6.45, 7) is 0. The van der Waals surface area contributed by atoms with E-state index in [0.29, 0.717) is 5.02 Å². The van der Waals surface area contributed by atoms with Crippen LogP contribution in [0.5, 0.6) is 0 Å². The molecule has 46 valence electrons. The van der Waals surface area contributed by atoms with Gasteiger partial charge in [0, 0.05) is 11.2 Å². The minimum Gasteiger partial charge on any atom is -0.308 e. The van der Waals surface area contributed by atoms with Crippen LogP contribution >= 0.6 is 11.6 Å². The molecule has 0 amide bonds. The molecule has 0 aromatic heterocycles. The Labute approximate surface area is 58.8 Å². The van der Waals surface area contributed by atoms with Crippen molar-refractivity contribution in [1.82, 2.24) is 0 Å². The van der Waals surface area contributed by atoms with Crippen LogP contribution in [0, 0.1) is 5.41 Å². The fourth-order valence-electron chi connectivity index (χ4n) is 0.559. The fourth-order valence-corrected chi connectivity index (χ4v) is 0.685. The molecule has 2 heteroatoms. The van der Waals surface area contributed by atoms with E-state index in [2.05, 4.69) is 0 Å². The van der Waals surface area contributed by atoms with E-state index in [0.717, 1.165) is 5.56 Å². The third-order valence-electron chi connectivity index (χ3n) is 1.04. The Bertz CT molecular complexity index is 203. The van der Waals surface area contributed by atoms with E-state index in [1.165, 1.54) is 6.21 Å². The van der Waals surface area contributed by atoms with Gasteiger partial charge in [0.25, 0.3) is 0 Å². The van der Waals surface area contributed by atoms with Crippen molar-refractivity contribution in [3.8, 4) is 0 Å². The lowest BCUT2D eigenvalue weighted by atomic mass is 10.2. The van der Waals surface area contributed by atoms with Crippen molar-refractivity contribution in [3.63, 3.8) is 0 Å². The monoisotopic (exact) mass is 139 g/mol. The Balaban J connectivity index is 3.01. The third-order valence-corrected chi connectivity index (χ3v) is 1.29. The number of hydrogen-bond donors (Lipinski definition) is 1. The first kappa shape index (κ1) is 6.30. The molecule has 0 fully saturated rings. The average molecular weight is 140 g/mol. The highest BCUT2D eigenvalue weighted by molar-refractivity contribution is 6.30. The maximum absolute atomic E-state index is 6.85. The summed E-state index contributed by atoms with van der Waals surface area (Å²) in [5.74, 6) is 0. The first-order valence-corrected chi connectivity index (χ1v) is 2.97. The molecule has 0 saturated heterocycles. The summed E-state index contributed by atoms with van der Waals surface area (Å²) in [5, 5.41) is 7.55. The topological polar surface area (TPSA) is 23.9 Å². The predicted octanol–water partition coefficient (Wildman–Crippen LogP) is 2.34. The summed E-state index contributed by atoms with van der Waals surface area (Å²) < 4.78 is 0. The first-order chi connectivity index (χ1) is 4.33. The van der Waals surface area contributed by atoms with Gasteiger partial charge < -0.3 is 5.41 Å². The molecule has 1 N–H and O–H groups in total. The highest BCUT2D eigenvalue weighted by Crippen LogP contribution is 2.07. The van der Waals surface area contributed by atoms with Gasteiger partial charge in [0.15, 0.2) is 0 Å². The van der Waals surface area contributed by atoms with Crippen LogP contribution in [0.3, 0.4) is 0 Å². The van der Waals surface area contributed by atoms with Crippen molar-refractivity contribution in [2.24, 2.45) is 0 Å². The van der Waals surface area contributed by atoms with Gasteiger partial charge in [-0.1, -0.05) is 23.7 Å². The summed E-state index contributed by atoms with van der Waals surface area (Å²) in [7, 11) is 0. The zero-order valence-corrected chi connectivity index (χ0v) is 5.52. The van der Waals surface area contributed by atoms with E-state index in [-0.39, 0.29) is 0 Å². The van der Waals surface area contributed by atoms with Crippen molar-refractivity contribution in [1.29, 1.82) is 5.41 Å². The van der Waals surface area contributed by atoms with Crippen molar-refractivity contribution in [3.05, 3.63) is 34.9 Å². The lowest BCUT2D eigenvalue weighted by Gasteiger charge is -1.88. The van der Waals surface area contributed by atoms with E-state index >= 15 is 0 Å². The van der Waals surface area contributed by atoms with Crippen LogP contribution < -0.4 is 0 Å². The highest BCUT2D eigenvalue weighted by Gasteiger charge is 1.84. The summed E-state index contributed by atoms with van der Waals surface area (Å²) in [4.78, 5) is 0. The molecule has 0 spiro atoms. The van der Waals surface area contributed by atoms with E-state index in [1.54, 1.807) is 24.3 Å². The van der Waals surface area contributed by atoms with E-state index < -0.39 is 0 Å². The normalized spacial score (nSPS) is 9.00. The molecular formula is C7H6ClN. The third kappa shape index (κ3) is 1.54. The Morgan fingerprint density at radius 2 is 1.78 bits per heavy atom. The lowest BCUT2D eigenvalue weighted by molar-refractivity contribution is 1.54.